The maximum Gasteiger partial charge on any atom is 0.137 e. The van der Waals surface area contributed by atoms with Gasteiger partial charge in [0.25, 0.3) is 0 Å². The minimum absolute atomic E-state index is 0.627. The Morgan fingerprint density at radius 1 is 1.37 bits per heavy atom. The highest BCUT2D eigenvalue weighted by Gasteiger charge is 2.31. The van der Waals surface area contributed by atoms with Gasteiger partial charge in [0.15, 0.2) is 0 Å². The monoisotopic (exact) mass is 281 g/mol. The molecule has 1 saturated carbocycles. The van der Waals surface area contributed by atoms with Gasteiger partial charge in [-0.2, -0.15) is 0 Å². The minimum atomic E-state index is 0.627. The molecule has 0 atom stereocenters. The molecule has 1 fully saturated rings. The summed E-state index contributed by atoms with van der Waals surface area (Å²) < 4.78 is 0. The Hall–Kier alpha value is -0.830. The molecule has 4 heteroatoms. The van der Waals surface area contributed by atoms with E-state index < -0.39 is 0 Å². The summed E-state index contributed by atoms with van der Waals surface area (Å²) in [6.07, 6.45) is 7.39. The first-order valence-electron chi connectivity index (χ1n) is 7.39. The molecule has 0 aliphatic heterocycles. The van der Waals surface area contributed by atoms with Crippen LogP contribution >= 0.6 is 11.6 Å². The lowest BCUT2D eigenvalue weighted by Gasteiger charge is -2.26. The third-order valence-electron chi connectivity index (χ3n) is 3.58. The second-order valence-corrected chi connectivity index (χ2v) is 6.18. The average molecular weight is 282 g/mol. The van der Waals surface area contributed by atoms with E-state index in [4.69, 9.17) is 11.6 Å². The normalized spacial score (nSPS) is 15.0. The first kappa shape index (κ1) is 14.6. The predicted molar refractivity (Wildman–Crippen MR) is 80.9 cm³/mol. The Kier molecular flexibility index (Phi) is 5.03. The lowest BCUT2D eigenvalue weighted by atomic mass is 10.1. The van der Waals surface area contributed by atoms with E-state index in [0.717, 1.165) is 30.8 Å². The zero-order valence-corrected chi connectivity index (χ0v) is 13.0. The first-order chi connectivity index (χ1) is 9.13. The van der Waals surface area contributed by atoms with Gasteiger partial charge in [-0.05, 0) is 31.6 Å². The van der Waals surface area contributed by atoms with Gasteiger partial charge in [0.1, 0.15) is 17.3 Å². The maximum atomic E-state index is 6.26. The molecule has 0 saturated heterocycles. The van der Waals surface area contributed by atoms with E-state index in [-0.39, 0.29) is 0 Å². The first-order valence-corrected chi connectivity index (χ1v) is 7.77. The molecule has 0 amide bonds. The highest BCUT2D eigenvalue weighted by atomic mass is 35.5. The van der Waals surface area contributed by atoms with Crippen molar-refractivity contribution in [2.24, 2.45) is 5.92 Å². The van der Waals surface area contributed by atoms with Gasteiger partial charge in [0.2, 0.25) is 0 Å². The van der Waals surface area contributed by atoms with E-state index in [1.165, 1.54) is 19.3 Å². The van der Waals surface area contributed by atoms with Gasteiger partial charge >= 0.3 is 0 Å². The van der Waals surface area contributed by atoms with Crippen LogP contribution in [0, 0.1) is 5.92 Å². The van der Waals surface area contributed by atoms with Crippen LogP contribution in [0.4, 0.5) is 5.82 Å². The van der Waals surface area contributed by atoms with Crippen molar-refractivity contribution in [1.29, 1.82) is 0 Å². The molecule has 2 rings (SSSR count). The summed E-state index contributed by atoms with van der Waals surface area (Å²) in [5, 5.41) is 0.627. The van der Waals surface area contributed by atoms with Gasteiger partial charge in [-0.3, -0.25) is 0 Å². The van der Waals surface area contributed by atoms with Crippen molar-refractivity contribution in [3.63, 3.8) is 0 Å². The Balaban J connectivity index is 2.22. The summed E-state index contributed by atoms with van der Waals surface area (Å²) in [4.78, 5) is 11.1. The van der Waals surface area contributed by atoms with Crippen LogP contribution in [0.5, 0.6) is 0 Å². The van der Waals surface area contributed by atoms with Crippen LogP contribution in [-0.2, 0) is 6.42 Å². The van der Waals surface area contributed by atoms with Crippen molar-refractivity contribution in [3.8, 4) is 0 Å². The van der Waals surface area contributed by atoms with Crippen molar-refractivity contribution in [1.82, 2.24) is 9.97 Å². The molecule has 0 radical (unpaired) electrons. The fourth-order valence-electron chi connectivity index (χ4n) is 2.34. The third-order valence-corrected chi connectivity index (χ3v) is 3.90. The fraction of sp³-hybridized carbons (Fsp3) is 0.733. The van der Waals surface area contributed by atoms with Crippen molar-refractivity contribution in [2.45, 2.75) is 58.9 Å². The predicted octanol–water partition coefficient (Wildman–Crippen LogP) is 4.10. The Morgan fingerprint density at radius 3 is 2.68 bits per heavy atom. The van der Waals surface area contributed by atoms with E-state index in [0.29, 0.717) is 17.1 Å². The number of hydrogen-bond donors (Lipinski definition) is 0. The lowest BCUT2D eigenvalue weighted by Crippen LogP contribution is -2.30. The molecule has 1 aromatic rings. The van der Waals surface area contributed by atoms with Crippen LogP contribution in [0.25, 0.3) is 0 Å². The summed E-state index contributed by atoms with van der Waals surface area (Å²) in [6, 6.07) is 0.667. The van der Waals surface area contributed by atoms with Crippen molar-refractivity contribution in [3.05, 3.63) is 17.0 Å². The molecule has 3 nitrogen and oxygen atoms in total. The number of nitrogens with zero attached hydrogens (tertiary/aromatic N) is 3. The van der Waals surface area contributed by atoms with Crippen LogP contribution < -0.4 is 4.90 Å². The number of anilines is 1. The summed E-state index contributed by atoms with van der Waals surface area (Å²) >= 11 is 6.26. The van der Waals surface area contributed by atoms with E-state index in [1.54, 1.807) is 6.33 Å². The Bertz CT molecular complexity index is 416. The zero-order chi connectivity index (χ0) is 13.8. The molecular formula is C15H24ClN3. The van der Waals surface area contributed by atoms with Crippen molar-refractivity contribution < 1.29 is 0 Å². The van der Waals surface area contributed by atoms with Gasteiger partial charge < -0.3 is 4.90 Å². The van der Waals surface area contributed by atoms with E-state index in [1.807, 2.05) is 0 Å². The summed E-state index contributed by atoms with van der Waals surface area (Å²) in [5.74, 6) is 1.79. The van der Waals surface area contributed by atoms with E-state index in [2.05, 4.69) is 35.6 Å². The summed E-state index contributed by atoms with van der Waals surface area (Å²) in [5.41, 5.74) is 1.13. The number of rotatable bonds is 7. The molecule has 106 valence electrons. The second-order valence-electron chi connectivity index (χ2n) is 5.82. The Labute approximate surface area is 121 Å². The van der Waals surface area contributed by atoms with Crippen LogP contribution in [0.15, 0.2) is 6.33 Å². The maximum absolute atomic E-state index is 6.26. The standard InChI is InChI=1S/C15H24ClN3/c1-4-5-13-14(16)17-10-18-15(13)19(12-6-7-12)9-8-11(2)3/h10-12H,4-9H2,1-3H3. The molecular weight excluding hydrogens is 258 g/mol. The molecule has 1 aliphatic carbocycles. The minimum Gasteiger partial charge on any atom is -0.353 e. The largest absolute Gasteiger partial charge is 0.353 e. The van der Waals surface area contributed by atoms with Gasteiger partial charge in [-0.25, -0.2) is 9.97 Å². The van der Waals surface area contributed by atoms with Gasteiger partial charge in [-0.15, -0.1) is 0 Å². The van der Waals surface area contributed by atoms with Crippen molar-refractivity contribution >= 4 is 17.4 Å². The van der Waals surface area contributed by atoms with Gasteiger partial charge in [0.05, 0.1) is 0 Å². The molecule has 0 bridgehead atoms. The van der Waals surface area contributed by atoms with Crippen LogP contribution in [-0.4, -0.2) is 22.6 Å². The molecule has 1 aliphatic rings. The van der Waals surface area contributed by atoms with Gasteiger partial charge in [0, 0.05) is 18.2 Å². The topological polar surface area (TPSA) is 29.0 Å². The molecule has 0 spiro atoms. The second kappa shape index (κ2) is 6.56. The van der Waals surface area contributed by atoms with Crippen LogP contribution in [0.2, 0.25) is 5.15 Å². The average Bonchev–Trinajstić information content (AvgIpc) is 3.17. The smallest absolute Gasteiger partial charge is 0.137 e. The summed E-state index contributed by atoms with van der Waals surface area (Å²) in [6.45, 7) is 7.78. The molecule has 1 heterocycles. The highest BCUT2D eigenvalue weighted by Crippen LogP contribution is 2.34. The van der Waals surface area contributed by atoms with Gasteiger partial charge in [-0.1, -0.05) is 38.8 Å². The van der Waals surface area contributed by atoms with Crippen molar-refractivity contribution in [2.75, 3.05) is 11.4 Å². The van der Waals surface area contributed by atoms with E-state index in [9.17, 15) is 0 Å². The fourth-order valence-corrected chi connectivity index (χ4v) is 2.56. The van der Waals surface area contributed by atoms with E-state index >= 15 is 0 Å². The summed E-state index contributed by atoms with van der Waals surface area (Å²) in [7, 11) is 0. The van der Waals surface area contributed by atoms with Crippen LogP contribution in [0.3, 0.4) is 0 Å². The molecule has 0 N–H and O–H groups in total. The molecule has 1 aromatic heterocycles. The third kappa shape index (κ3) is 3.82. The lowest BCUT2D eigenvalue weighted by molar-refractivity contribution is 0.567. The number of halogens is 1. The molecule has 0 unspecified atom stereocenters. The Morgan fingerprint density at radius 2 is 2.11 bits per heavy atom. The molecule has 0 aromatic carbocycles. The zero-order valence-electron chi connectivity index (χ0n) is 12.2. The SMILES string of the molecule is CCCc1c(Cl)ncnc1N(CCC(C)C)C1CC1. The molecule has 19 heavy (non-hydrogen) atoms. The number of hydrogen-bond acceptors (Lipinski definition) is 3. The number of aromatic nitrogens is 2. The quantitative estimate of drug-likeness (QED) is 0.705. The highest BCUT2D eigenvalue weighted by molar-refractivity contribution is 6.30. The van der Waals surface area contributed by atoms with Crippen LogP contribution in [0.1, 0.15) is 52.0 Å².